The molecule has 26 heavy (non-hydrogen) atoms. The lowest BCUT2D eigenvalue weighted by molar-refractivity contribution is 0.0981. The standard InChI is InChI=1S/C21H21N3O2/c1-4-17-20(24-9-7-13(2)11-19(24)22-17)21(26)23-10-8-16-12-15(14(3)25)5-6-18(16)23/h5-7,9,11-12H,4,8,10H2,1-3H3. The van der Waals surface area contributed by atoms with Crippen molar-refractivity contribution in [2.24, 2.45) is 0 Å². The number of imidazole rings is 1. The third-order valence-electron chi connectivity index (χ3n) is 5.02. The molecule has 1 amide bonds. The van der Waals surface area contributed by atoms with Crippen LogP contribution in [0.4, 0.5) is 5.69 Å². The molecule has 0 bridgehead atoms. The maximum atomic E-state index is 13.4. The number of benzene rings is 1. The Morgan fingerprint density at radius 2 is 2.00 bits per heavy atom. The smallest absolute Gasteiger partial charge is 0.277 e. The number of fused-ring (bicyclic) bond motifs is 2. The Hall–Kier alpha value is -2.95. The molecule has 0 aliphatic carbocycles. The molecule has 1 aromatic carbocycles. The van der Waals surface area contributed by atoms with Gasteiger partial charge < -0.3 is 4.90 Å². The number of ketones is 1. The first-order valence-corrected chi connectivity index (χ1v) is 8.93. The molecule has 0 spiro atoms. The Labute approximate surface area is 152 Å². The Morgan fingerprint density at radius 3 is 2.73 bits per heavy atom. The van der Waals surface area contributed by atoms with Gasteiger partial charge in [-0.3, -0.25) is 14.0 Å². The molecular formula is C21H21N3O2. The van der Waals surface area contributed by atoms with Crippen molar-refractivity contribution in [3.63, 3.8) is 0 Å². The Kier molecular flexibility index (Phi) is 3.87. The summed E-state index contributed by atoms with van der Waals surface area (Å²) in [6.07, 6.45) is 3.38. The van der Waals surface area contributed by atoms with Gasteiger partial charge in [0.2, 0.25) is 0 Å². The third kappa shape index (κ3) is 2.51. The van der Waals surface area contributed by atoms with Crippen molar-refractivity contribution < 1.29 is 9.59 Å². The highest BCUT2D eigenvalue weighted by molar-refractivity contribution is 6.08. The number of carbonyl (C=O) groups is 2. The van der Waals surface area contributed by atoms with Gasteiger partial charge in [-0.05, 0) is 68.1 Å². The largest absolute Gasteiger partial charge is 0.306 e. The summed E-state index contributed by atoms with van der Waals surface area (Å²) < 4.78 is 1.89. The predicted molar refractivity (Wildman–Crippen MR) is 101 cm³/mol. The lowest BCUT2D eigenvalue weighted by Crippen LogP contribution is -2.30. The second-order valence-corrected chi connectivity index (χ2v) is 6.80. The summed E-state index contributed by atoms with van der Waals surface area (Å²) >= 11 is 0. The number of rotatable bonds is 3. The van der Waals surface area contributed by atoms with Gasteiger partial charge in [0.1, 0.15) is 11.3 Å². The number of Topliss-reactive ketones (excluding diaryl/α,β-unsaturated/α-hetero) is 1. The number of carbonyl (C=O) groups excluding carboxylic acids is 2. The molecule has 0 saturated carbocycles. The van der Waals surface area contributed by atoms with Crippen LogP contribution in [0.3, 0.4) is 0 Å². The first-order valence-electron chi connectivity index (χ1n) is 8.93. The Morgan fingerprint density at radius 1 is 1.19 bits per heavy atom. The van der Waals surface area contributed by atoms with Crippen LogP contribution in [0.15, 0.2) is 36.5 Å². The van der Waals surface area contributed by atoms with Crippen LogP contribution in [-0.2, 0) is 12.8 Å². The monoisotopic (exact) mass is 347 g/mol. The van der Waals surface area contributed by atoms with E-state index in [4.69, 9.17) is 0 Å². The van der Waals surface area contributed by atoms with Crippen molar-refractivity contribution in [2.75, 3.05) is 11.4 Å². The molecule has 3 aromatic rings. The minimum atomic E-state index is -0.0347. The number of aryl methyl sites for hydroxylation is 2. The molecule has 132 valence electrons. The highest BCUT2D eigenvalue weighted by atomic mass is 16.2. The van der Waals surface area contributed by atoms with Gasteiger partial charge in [0.05, 0.1) is 5.69 Å². The number of anilines is 1. The van der Waals surface area contributed by atoms with Crippen LogP contribution in [0.5, 0.6) is 0 Å². The van der Waals surface area contributed by atoms with Crippen LogP contribution in [0.1, 0.15) is 51.5 Å². The number of amides is 1. The fourth-order valence-corrected chi connectivity index (χ4v) is 3.63. The van der Waals surface area contributed by atoms with Gasteiger partial charge in [-0.2, -0.15) is 0 Å². The molecule has 5 nitrogen and oxygen atoms in total. The van der Waals surface area contributed by atoms with Gasteiger partial charge in [-0.1, -0.05) is 6.92 Å². The van der Waals surface area contributed by atoms with Crippen LogP contribution < -0.4 is 4.90 Å². The lowest BCUT2D eigenvalue weighted by atomic mass is 10.1. The Bertz CT molecular complexity index is 1050. The Balaban J connectivity index is 1.79. The molecule has 5 heteroatoms. The van der Waals surface area contributed by atoms with E-state index < -0.39 is 0 Å². The number of aromatic nitrogens is 2. The summed E-state index contributed by atoms with van der Waals surface area (Å²) in [6, 6.07) is 9.57. The van der Waals surface area contributed by atoms with Crippen molar-refractivity contribution in [1.82, 2.24) is 9.38 Å². The van der Waals surface area contributed by atoms with Crippen LogP contribution >= 0.6 is 0 Å². The van der Waals surface area contributed by atoms with E-state index in [1.807, 2.05) is 53.6 Å². The van der Waals surface area contributed by atoms with Crippen LogP contribution in [0.2, 0.25) is 0 Å². The quantitative estimate of drug-likeness (QED) is 0.680. The van der Waals surface area contributed by atoms with Gasteiger partial charge >= 0.3 is 0 Å². The van der Waals surface area contributed by atoms with Gasteiger partial charge in [-0.25, -0.2) is 4.98 Å². The molecule has 0 N–H and O–H groups in total. The second kappa shape index (κ2) is 6.09. The van der Waals surface area contributed by atoms with E-state index in [0.29, 0.717) is 24.2 Å². The highest BCUT2D eigenvalue weighted by Crippen LogP contribution is 2.31. The zero-order valence-corrected chi connectivity index (χ0v) is 15.2. The molecule has 0 atom stereocenters. The van der Waals surface area contributed by atoms with Gasteiger partial charge in [0.15, 0.2) is 5.78 Å². The van der Waals surface area contributed by atoms with Crippen LogP contribution in [0, 0.1) is 6.92 Å². The molecule has 0 unspecified atom stereocenters. The molecule has 0 fully saturated rings. The number of hydrogen-bond acceptors (Lipinski definition) is 3. The molecular weight excluding hydrogens is 326 g/mol. The summed E-state index contributed by atoms with van der Waals surface area (Å²) in [7, 11) is 0. The number of nitrogens with zero attached hydrogens (tertiary/aromatic N) is 3. The van der Waals surface area contributed by atoms with E-state index in [1.54, 1.807) is 13.0 Å². The number of hydrogen-bond donors (Lipinski definition) is 0. The van der Waals surface area contributed by atoms with Crippen molar-refractivity contribution in [2.45, 2.75) is 33.6 Å². The summed E-state index contributed by atoms with van der Waals surface area (Å²) in [6.45, 7) is 6.22. The highest BCUT2D eigenvalue weighted by Gasteiger charge is 2.29. The average Bonchev–Trinajstić information content (AvgIpc) is 3.20. The first-order chi connectivity index (χ1) is 12.5. The molecule has 4 rings (SSSR count). The number of pyridine rings is 1. The lowest BCUT2D eigenvalue weighted by Gasteiger charge is -2.18. The minimum absolute atomic E-state index is 0.0347. The van der Waals surface area contributed by atoms with Gasteiger partial charge in [-0.15, -0.1) is 0 Å². The van der Waals surface area contributed by atoms with Crippen molar-refractivity contribution >= 4 is 23.0 Å². The van der Waals surface area contributed by atoms with E-state index in [0.717, 1.165) is 34.6 Å². The summed E-state index contributed by atoms with van der Waals surface area (Å²) in [5, 5.41) is 0. The van der Waals surface area contributed by atoms with Gasteiger partial charge in [0.25, 0.3) is 5.91 Å². The van der Waals surface area contributed by atoms with E-state index in [9.17, 15) is 9.59 Å². The first kappa shape index (κ1) is 16.5. The second-order valence-electron chi connectivity index (χ2n) is 6.80. The molecule has 1 aliphatic heterocycles. The fraction of sp³-hybridized carbons (Fsp3) is 0.286. The molecule has 3 heterocycles. The third-order valence-corrected chi connectivity index (χ3v) is 5.02. The summed E-state index contributed by atoms with van der Waals surface area (Å²) in [4.78, 5) is 31.4. The average molecular weight is 347 g/mol. The minimum Gasteiger partial charge on any atom is -0.306 e. The fourth-order valence-electron chi connectivity index (χ4n) is 3.63. The maximum Gasteiger partial charge on any atom is 0.277 e. The maximum absolute atomic E-state index is 13.4. The van der Waals surface area contributed by atoms with E-state index >= 15 is 0 Å². The summed E-state index contributed by atoms with van der Waals surface area (Å²) in [5.41, 5.74) is 6.00. The molecule has 1 aliphatic rings. The van der Waals surface area contributed by atoms with Crippen molar-refractivity contribution in [3.8, 4) is 0 Å². The molecule has 0 radical (unpaired) electrons. The molecule has 2 aromatic heterocycles. The predicted octanol–water partition coefficient (Wildman–Crippen LogP) is 3.61. The van der Waals surface area contributed by atoms with Crippen molar-refractivity contribution in [3.05, 3.63) is 64.6 Å². The summed E-state index contributed by atoms with van der Waals surface area (Å²) in [5.74, 6) is 0.00975. The van der Waals surface area contributed by atoms with E-state index in [2.05, 4.69) is 4.98 Å². The normalized spacial score (nSPS) is 13.3. The zero-order chi connectivity index (χ0) is 18.4. The SMILES string of the molecule is CCc1nc2cc(C)ccn2c1C(=O)N1CCc2cc(C(C)=O)ccc21. The zero-order valence-electron chi connectivity index (χ0n) is 15.2. The van der Waals surface area contributed by atoms with Crippen molar-refractivity contribution in [1.29, 1.82) is 0 Å². The van der Waals surface area contributed by atoms with E-state index in [-0.39, 0.29) is 11.7 Å². The van der Waals surface area contributed by atoms with Gasteiger partial charge in [0, 0.05) is 24.0 Å². The molecule has 0 saturated heterocycles. The van der Waals surface area contributed by atoms with Crippen LogP contribution in [-0.4, -0.2) is 27.6 Å². The van der Waals surface area contributed by atoms with E-state index in [1.165, 1.54) is 0 Å². The topological polar surface area (TPSA) is 54.7 Å². The van der Waals surface area contributed by atoms with Crippen LogP contribution in [0.25, 0.3) is 5.65 Å².